The van der Waals surface area contributed by atoms with E-state index in [4.69, 9.17) is 11.6 Å². The van der Waals surface area contributed by atoms with Gasteiger partial charge in [-0.2, -0.15) is 0 Å². The van der Waals surface area contributed by atoms with Gasteiger partial charge in [-0.1, -0.05) is 11.6 Å². The van der Waals surface area contributed by atoms with E-state index in [2.05, 4.69) is 4.98 Å². The summed E-state index contributed by atoms with van der Waals surface area (Å²) in [6, 6.07) is 7.62. The minimum atomic E-state index is -0.346. The number of fused-ring (bicyclic) bond motifs is 1. The molecule has 0 aliphatic heterocycles. The van der Waals surface area contributed by atoms with Crippen LogP contribution in [0.15, 0.2) is 42.7 Å². The lowest BCUT2D eigenvalue weighted by Gasteiger charge is -2.00. The van der Waals surface area contributed by atoms with Crippen LogP contribution in [0, 0.1) is 5.82 Å². The van der Waals surface area contributed by atoms with Crippen LogP contribution in [0.1, 0.15) is 0 Å². The number of phenolic OH excluding ortho intramolecular Hbond substituents is 1. The van der Waals surface area contributed by atoms with Gasteiger partial charge in [0, 0.05) is 23.0 Å². The Morgan fingerprint density at radius 3 is 2.83 bits per heavy atom. The molecule has 2 heterocycles. The number of phenols is 1. The second-order valence-corrected chi connectivity index (χ2v) is 4.34. The number of pyridine rings is 1. The topological polar surface area (TPSA) is 37.5 Å². The second kappa shape index (κ2) is 3.99. The van der Waals surface area contributed by atoms with Crippen LogP contribution in [0.25, 0.3) is 16.9 Å². The first-order valence-corrected chi connectivity index (χ1v) is 5.64. The van der Waals surface area contributed by atoms with Crippen molar-refractivity contribution in [2.24, 2.45) is 0 Å². The predicted octanol–water partition coefficient (Wildman–Crippen LogP) is 3.50. The number of rotatable bonds is 1. The largest absolute Gasteiger partial charge is 0.507 e. The number of nitrogens with zero attached hydrogens (tertiary/aromatic N) is 2. The van der Waals surface area contributed by atoms with E-state index < -0.39 is 0 Å². The Morgan fingerprint density at radius 2 is 2.00 bits per heavy atom. The molecule has 0 atom stereocenters. The summed E-state index contributed by atoms with van der Waals surface area (Å²) < 4.78 is 14.6. The zero-order chi connectivity index (χ0) is 12.7. The fourth-order valence-corrected chi connectivity index (χ4v) is 1.98. The molecule has 0 aliphatic rings. The molecule has 3 aromatic rings. The molecule has 0 bridgehead atoms. The fourth-order valence-electron chi connectivity index (χ4n) is 1.81. The number of aromatic nitrogens is 2. The Balaban J connectivity index is 2.22. The number of imidazole rings is 1. The van der Waals surface area contributed by atoms with Crippen molar-refractivity contribution in [2.75, 3.05) is 0 Å². The van der Waals surface area contributed by atoms with Crippen molar-refractivity contribution in [2.45, 2.75) is 0 Å². The Bertz CT molecular complexity index is 739. The highest BCUT2D eigenvalue weighted by atomic mass is 35.5. The lowest BCUT2D eigenvalue weighted by molar-refractivity contribution is 0.477. The summed E-state index contributed by atoms with van der Waals surface area (Å²) >= 11 is 5.88. The van der Waals surface area contributed by atoms with Crippen LogP contribution in [0.2, 0.25) is 5.02 Å². The van der Waals surface area contributed by atoms with Gasteiger partial charge in [0.15, 0.2) is 0 Å². The summed E-state index contributed by atoms with van der Waals surface area (Å²) in [7, 11) is 0. The zero-order valence-corrected chi connectivity index (χ0v) is 9.89. The number of aromatic hydroxyl groups is 1. The van der Waals surface area contributed by atoms with Gasteiger partial charge in [0.25, 0.3) is 0 Å². The van der Waals surface area contributed by atoms with Crippen LogP contribution < -0.4 is 0 Å². The third-order valence-electron chi connectivity index (χ3n) is 2.65. The molecule has 3 nitrogen and oxygen atoms in total. The highest BCUT2D eigenvalue weighted by Gasteiger charge is 2.09. The minimum absolute atomic E-state index is 0.0864. The third-order valence-corrected chi connectivity index (χ3v) is 2.88. The molecule has 0 amide bonds. The van der Waals surface area contributed by atoms with E-state index in [9.17, 15) is 9.50 Å². The SMILES string of the molecule is Oc1ccc(Cl)cc1-c1cn2cc(F)ccc2n1. The maximum atomic E-state index is 13.1. The van der Waals surface area contributed by atoms with Gasteiger partial charge in [0.2, 0.25) is 0 Å². The molecule has 1 N–H and O–H groups in total. The van der Waals surface area contributed by atoms with Gasteiger partial charge in [-0.3, -0.25) is 0 Å². The fraction of sp³-hybridized carbons (Fsp3) is 0. The van der Waals surface area contributed by atoms with E-state index in [0.29, 0.717) is 21.9 Å². The molecule has 0 radical (unpaired) electrons. The molecule has 2 aromatic heterocycles. The summed E-state index contributed by atoms with van der Waals surface area (Å²) in [6.45, 7) is 0. The van der Waals surface area contributed by atoms with E-state index >= 15 is 0 Å². The van der Waals surface area contributed by atoms with E-state index in [1.54, 1.807) is 28.8 Å². The minimum Gasteiger partial charge on any atom is -0.507 e. The van der Waals surface area contributed by atoms with Crippen molar-refractivity contribution >= 4 is 17.2 Å². The Morgan fingerprint density at radius 1 is 1.17 bits per heavy atom. The summed E-state index contributed by atoms with van der Waals surface area (Å²) in [5, 5.41) is 10.3. The number of halogens is 2. The van der Waals surface area contributed by atoms with Gasteiger partial charge < -0.3 is 9.51 Å². The van der Waals surface area contributed by atoms with Gasteiger partial charge in [-0.25, -0.2) is 9.37 Å². The summed E-state index contributed by atoms with van der Waals surface area (Å²) in [6.07, 6.45) is 2.97. The van der Waals surface area contributed by atoms with E-state index in [-0.39, 0.29) is 11.6 Å². The van der Waals surface area contributed by atoms with Gasteiger partial charge in [0.05, 0.1) is 5.69 Å². The molecule has 0 spiro atoms. The summed E-state index contributed by atoms with van der Waals surface area (Å²) in [5.74, 6) is -0.259. The third kappa shape index (κ3) is 1.80. The molecule has 0 fully saturated rings. The van der Waals surface area contributed by atoms with Gasteiger partial charge in [0.1, 0.15) is 17.2 Å². The molecule has 18 heavy (non-hydrogen) atoms. The molecule has 5 heteroatoms. The second-order valence-electron chi connectivity index (χ2n) is 3.90. The number of benzene rings is 1. The van der Waals surface area contributed by atoms with Crippen LogP contribution in [0.3, 0.4) is 0 Å². The van der Waals surface area contributed by atoms with E-state index in [1.165, 1.54) is 18.3 Å². The first-order chi connectivity index (χ1) is 8.63. The molecule has 0 unspecified atom stereocenters. The highest BCUT2D eigenvalue weighted by Crippen LogP contribution is 2.31. The molecule has 0 saturated carbocycles. The first kappa shape index (κ1) is 11.0. The molecule has 0 saturated heterocycles. The normalized spacial score (nSPS) is 11.0. The lowest BCUT2D eigenvalue weighted by atomic mass is 10.1. The van der Waals surface area contributed by atoms with Crippen LogP contribution in [-0.4, -0.2) is 14.5 Å². The van der Waals surface area contributed by atoms with Crippen molar-refractivity contribution in [3.8, 4) is 17.0 Å². The Labute approximate surface area is 107 Å². The highest BCUT2D eigenvalue weighted by molar-refractivity contribution is 6.30. The van der Waals surface area contributed by atoms with Gasteiger partial charge in [-0.15, -0.1) is 0 Å². The standard InChI is InChI=1S/C13H8ClFN2O/c14-8-1-3-12(18)10(5-8)11-7-17-6-9(15)2-4-13(17)16-11/h1-7,18H. The lowest BCUT2D eigenvalue weighted by Crippen LogP contribution is -1.83. The number of hydrogen-bond donors (Lipinski definition) is 1. The molecular formula is C13H8ClFN2O. The van der Waals surface area contributed by atoms with Crippen molar-refractivity contribution in [1.82, 2.24) is 9.38 Å². The molecule has 3 rings (SSSR count). The Kier molecular flexibility index (Phi) is 2.45. The molecule has 90 valence electrons. The van der Waals surface area contributed by atoms with E-state index in [0.717, 1.165) is 0 Å². The zero-order valence-electron chi connectivity index (χ0n) is 9.14. The van der Waals surface area contributed by atoms with Gasteiger partial charge >= 0.3 is 0 Å². The van der Waals surface area contributed by atoms with Crippen molar-refractivity contribution in [3.05, 3.63) is 53.6 Å². The predicted molar refractivity (Wildman–Crippen MR) is 67.3 cm³/mol. The number of hydrogen-bond acceptors (Lipinski definition) is 2. The maximum Gasteiger partial charge on any atom is 0.139 e. The van der Waals surface area contributed by atoms with Gasteiger partial charge in [-0.05, 0) is 30.3 Å². The van der Waals surface area contributed by atoms with Crippen LogP contribution in [0.4, 0.5) is 4.39 Å². The average Bonchev–Trinajstić information content (AvgIpc) is 2.74. The Hall–Kier alpha value is -2.07. The maximum absolute atomic E-state index is 13.1. The monoisotopic (exact) mass is 262 g/mol. The van der Waals surface area contributed by atoms with Crippen molar-refractivity contribution < 1.29 is 9.50 Å². The molecule has 0 aliphatic carbocycles. The average molecular weight is 263 g/mol. The van der Waals surface area contributed by atoms with Crippen LogP contribution >= 0.6 is 11.6 Å². The van der Waals surface area contributed by atoms with E-state index in [1.807, 2.05) is 0 Å². The first-order valence-electron chi connectivity index (χ1n) is 5.26. The van der Waals surface area contributed by atoms with Crippen molar-refractivity contribution in [3.63, 3.8) is 0 Å². The van der Waals surface area contributed by atoms with Crippen molar-refractivity contribution in [1.29, 1.82) is 0 Å². The van der Waals surface area contributed by atoms with Crippen LogP contribution in [0.5, 0.6) is 5.75 Å². The molecule has 1 aromatic carbocycles. The van der Waals surface area contributed by atoms with Crippen LogP contribution in [-0.2, 0) is 0 Å². The quantitative estimate of drug-likeness (QED) is 0.729. The summed E-state index contributed by atoms with van der Waals surface area (Å²) in [5.41, 5.74) is 1.66. The summed E-state index contributed by atoms with van der Waals surface area (Å²) in [4.78, 5) is 4.30. The smallest absolute Gasteiger partial charge is 0.139 e. The molecular weight excluding hydrogens is 255 g/mol.